The summed E-state index contributed by atoms with van der Waals surface area (Å²) in [6.07, 6.45) is 1.65. The summed E-state index contributed by atoms with van der Waals surface area (Å²) in [5, 5.41) is 0. The van der Waals surface area contributed by atoms with Gasteiger partial charge in [0.2, 0.25) is 5.95 Å². The standard InChI is InChI=1S/C14H17N5O/c15-13-12(9-17-14(16)18-13)10-1-3-11(4-2-10)19-5-7-20-8-6-19/h1-4,9H,5-8H2,(H4,15,16,17,18). The van der Waals surface area contributed by atoms with Crippen molar-refractivity contribution in [1.29, 1.82) is 0 Å². The fourth-order valence-electron chi connectivity index (χ4n) is 2.31. The average Bonchev–Trinajstić information content (AvgIpc) is 2.48. The van der Waals surface area contributed by atoms with E-state index in [4.69, 9.17) is 16.2 Å². The summed E-state index contributed by atoms with van der Waals surface area (Å²) >= 11 is 0. The molecule has 1 saturated heterocycles. The number of rotatable bonds is 2. The molecule has 0 saturated carbocycles. The second kappa shape index (κ2) is 5.34. The predicted molar refractivity (Wildman–Crippen MR) is 79.3 cm³/mol. The Labute approximate surface area is 117 Å². The maximum atomic E-state index is 5.88. The monoisotopic (exact) mass is 271 g/mol. The van der Waals surface area contributed by atoms with Crippen molar-refractivity contribution in [3.05, 3.63) is 30.5 Å². The van der Waals surface area contributed by atoms with Crippen molar-refractivity contribution in [1.82, 2.24) is 9.97 Å². The number of morpholine rings is 1. The Balaban J connectivity index is 1.85. The second-order valence-electron chi connectivity index (χ2n) is 4.67. The number of hydrogen-bond donors (Lipinski definition) is 2. The van der Waals surface area contributed by atoms with Crippen LogP contribution in [-0.4, -0.2) is 36.3 Å². The van der Waals surface area contributed by atoms with Gasteiger partial charge in [-0.05, 0) is 17.7 Å². The van der Waals surface area contributed by atoms with Crippen LogP contribution in [0.25, 0.3) is 11.1 Å². The SMILES string of the molecule is Nc1ncc(-c2ccc(N3CCOCC3)cc2)c(N)n1. The van der Waals surface area contributed by atoms with Gasteiger partial charge >= 0.3 is 0 Å². The summed E-state index contributed by atoms with van der Waals surface area (Å²) in [7, 11) is 0. The normalized spacial score (nSPS) is 15.3. The van der Waals surface area contributed by atoms with Crippen LogP contribution < -0.4 is 16.4 Å². The van der Waals surface area contributed by atoms with Gasteiger partial charge in [-0.2, -0.15) is 4.98 Å². The minimum atomic E-state index is 0.191. The number of aromatic nitrogens is 2. The van der Waals surface area contributed by atoms with Crippen LogP contribution in [0.4, 0.5) is 17.5 Å². The molecule has 104 valence electrons. The van der Waals surface area contributed by atoms with Gasteiger partial charge in [-0.15, -0.1) is 0 Å². The van der Waals surface area contributed by atoms with Crippen LogP contribution in [-0.2, 0) is 4.74 Å². The first-order chi connectivity index (χ1) is 9.74. The molecule has 0 amide bonds. The van der Waals surface area contributed by atoms with Crippen LogP contribution in [0, 0.1) is 0 Å². The topological polar surface area (TPSA) is 90.3 Å². The van der Waals surface area contributed by atoms with Crippen molar-refractivity contribution in [3.63, 3.8) is 0 Å². The number of anilines is 3. The van der Waals surface area contributed by atoms with Gasteiger partial charge in [0.05, 0.1) is 13.2 Å². The number of nitrogen functional groups attached to an aromatic ring is 2. The second-order valence-corrected chi connectivity index (χ2v) is 4.67. The third-order valence-electron chi connectivity index (χ3n) is 3.39. The van der Waals surface area contributed by atoms with E-state index in [1.165, 1.54) is 5.69 Å². The van der Waals surface area contributed by atoms with E-state index in [1.54, 1.807) is 6.20 Å². The molecule has 0 spiro atoms. The molecule has 2 heterocycles. The third kappa shape index (κ3) is 2.50. The summed E-state index contributed by atoms with van der Waals surface area (Å²) in [6.45, 7) is 3.40. The fraction of sp³-hybridized carbons (Fsp3) is 0.286. The maximum absolute atomic E-state index is 5.88. The first-order valence-corrected chi connectivity index (χ1v) is 6.55. The molecule has 1 aliphatic rings. The Bertz CT molecular complexity index is 593. The maximum Gasteiger partial charge on any atom is 0.221 e. The van der Waals surface area contributed by atoms with Crippen molar-refractivity contribution in [3.8, 4) is 11.1 Å². The Hall–Kier alpha value is -2.34. The number of nitrogens with zero attached hydrogens (tertiary/aromatic N) is 3. The molecular weight excluding hydrogens is 254 g/mol. The van der Waals surface area contributed by atoms with E-state index in [9.17, 15) is 0 Å². The summed E-state index contributed by atoms with van der Waals surface area (Å²) in [4.78, 5) is 10.3. The molecular formula is C14H17N5O. The Morgan fingerprint density at radius 1 is 1.05 bits per heavy atom. The molecule has 3 rings (SSSR count). The van der Waals surface area contributed by atoms with Crippen molar-refractivity contribution in [2.24, 2.45) is 0 Å². The quantitative estimate of drug-likeness (QED) is 0.851. The Morgan fingerprint density at radius 2 is 1.75 bits per heavy atom. The van der Waals surface area contributed by atoms with Gasteiger partial charge in [-0.1, -0.05) is 12.1 Å². The van der Waals surface area contributed by atoms with Crippen LogP contribution in [0.2, 0.25) is 0 Å². The Morgan fingerprint density at radius 3 is 2.40 bits per heavy atom. The number of benzene rings is 1. The van der Waals surface area contributed by atoms with Crippen LogP contribution >= 0.6 is 0 Å². The van der Waals surface area contributed by atoms with Gasteiger partial charge in [0.1, 0.15) is 5.82 Å². The van der Waals surface area contributed by atoms with Crippen molar-refractivity contribution in [2.75, 3.05) is 42.7 Å². The molecule has 4 N–H and O–H groups in total. The lowest BCUT2D eigenvalue weighted by Gasteiger charge is -2.28. The van der Waals surface area contributed by atoms with Gasteiger partial charge in [0.15, 0.2) is 0 Å². The lowest BCUT2D eigenvalue weighted by atomic mass is 10.1. The van der Waals surface area contributed by atoms with E-state index in [1.807, 2.05) is 12.1 Å². The van der Waals surface area contributed by atoms with Gasteiger partial charge < -0.3 is 21.1 Å². The fourth-order valence-corrected chi connectivity index (χ4v) is 2.31. The summed E-state index contributed by atoms with van der Waals surface area (Å²) in [5.74, 6) is 0.591. The zero-order valence-corrected chi connectivity index (χ0v) is 11.1. The van der Waals surface area contributed by atoms with Gasteiger partial charge in [-0.25, -0.2) is 4.98 Å². The first-order valence-electron chi connectivity index (χ1n) is 6.55. The predicted octanol–water partition coefficient (Wildman–Crippen LogP) is 1.14. The van der Waals surface area contributed by atoms with Gasteiger partial charge in [0.25, 0.3) is 0 Å². The zero-order chi connectivity index (χ0) is 13.9. The number of nitrogens with two attached hydrogens (primary N) is 2. The van der Waals surface area contributed by atoms with E-state index in [-0.39, 0.29) is 5.95 Å². The zero-order valence-electron chi connectivity index (χ0n) is 11.1. The van der Waals surface area contributed by atoms with Crippen molar-refractivity contribution < 1.29 is 4.74 Å². The summed E-state index contributed by atoms with van der Waals surface area (Å²) in [6, 6.07) is 8.21. The highest BCUT2D eigenvalue weighted by Gasteiger charge is 2.11. The molecule has 0 aliphatic carbocycles. The number of ether oxygens (including phenoxy) is 1. The number of hydrogen-bond acceptors (Lipinski definition) is 6. The average molecular weight is 271 g/mol. The van der Waals surface area contributed by atoms with E-state index in [2.05, 4.69) is 27.0 Å². The molecule has 0 atom stereocenters. The molecule has 2 aromatic rings. The molecule has 0 radical (unpaired) electrons. The lowest BCUT2D eigenvalue weighted by Crippen LogP contribution is -2.36. The minimum Gasteiger partial charge on any atom is -0.383 e. The van der Waals surface area contributed by atoms with Crippen LogP contribution in [0.1, 0.15) is 0 Å². The first kappa shape index (κ1) is 12.7. The molecule has 1 aromatic heterocycles. The highest BCUT2D eigenvalue weighted by molar-refractivity contribution is 5.74. The molecule has 6 heteroatoms. The molecule has 0 unspecified atom stereocenters. The summed E-state index contributed by atoms with van der Waals surface area (Å²) < 4.78 is 5.35. The summed E-state index contributed by atoms with van der Waals surface area (Å²) in [5.41, 5.74) is 14.4. The molecule has 20 heavy (non-hydrogen) atoms. The van der Waals surface area contributed by atoms with Crippen LogP contribution in [0.3, 0.4) is 0 Å². The molecule has 1 aliphatic heterocycles. The largest absolute Gasteiger partial charge is 0.383 e. The van der Waals surface area contributed by atoms with Gasteiger partial charge in [-0.3, -0.25) is 0 Å². The highest BCUT2D eigenvalue weighted by atomic mass is 16.5. The van der Waals surface area contributed by atoms with Crippen LogP contribution in [0.15, 0.2) is 30.5 Å². The van der Waals surface area contributed by atoms with E-state index in [0.717, 1.165) is 37.4 Å². The van der Waals surface area contributed by atoms with E-state index < -0.39 is 0 Å². The van der Waals surface area contributed by atoms with Crippen LogP contribution in [0.5, 0.6) is 0 Å². The van der Waals surface area contributed by atoms with Crippen molar-refractivity contribution >= 4 is 17.5 Å². The molecule has 1 fully saturated rings. The minimum absolute atomic E-state index is 0.191. The molecule has 6 nitrogen and oxygen atoms in total. The van der Waals surface area contributed by atoms with E-state index >= 15 is 0 Å². The molecule has 0 bridgehead atoms. The van der Waals surface area contributed by atoms with Gasteiger partial charge in [0, 0.05) is 30.5 Å². The highest BCUT2D eigenvalue weighted by Crippen LogP contribution is 2.26. The smallest absolute Gasteiger partial charge is 0.221 e. The third-order valence-corrected chi connectivity index (χ3v) is 3.39. The van der Waals surface area contributed by atoms with E-state index in [0.29, 0.717) is 5.82 Å². The lowest BCUT2D eigenvalue weighted by molar-refractivity contribution is 0.122. The molecule has 1 aromatic carbocycles. The van der Waals surface area contributed by atoms with Crippen molar-refractivity contribution in [2.45, 2.75) is 0 Å². The Kier molecular flexibility index (Phi) is 3.39.